The lowest BCUT2D eigenvalue weighted by molar-refractivity contribution is -0.161. The molecule has 0 spiro atoms. The maximum atomic E-state index is 13.1. The summed E-state index contributed by atoms with van der Waals surface area (Å²) in [6, 6.07) is 0. The first-order valence-electron chi connectivity index (χ1n) is 10.7. The van der Waals surface area contributed by atoms with Gasteiger partial charge >= 0.3 is 17.3 Å². The third-order valence-electron chi connectivity index (χ3n) is 5.35. The summed E-state index contributed by atoms with van der Waals surface area (Å²) in [7, 11) is 0. The van der Waals surface area contributed by atoms with E-state index in [1.165, 1.54) is 26.4 Å². The van der Waals surface area contributed by atoms with Crippen LogP contribution in [0.25, 0.3) is 0 Å². The van der Waals surface area contributed by atoms with Crippen molar-refractivity contribution < 1.29 is 19.1 Å². The van der Waals surface area contributed by atoms with Gasteiger partial charge in [-0.1, -0.05) is 0 Å². The Hall–Kier alpha value is -3.74. The lowest BCUT2D eigenvalue weighted by atomic mass is 10.2. The minimum absolute atomic E-state index is 0.0481. The summed E-state index contributed by atoms with van der Waals surface area (Å²) in [6.45, 7) is 6.43. The lowest BCUT2D eigenvalue weighted by Gasteiger charge is -2.24. The monoisotopic (exact) mass is 477 g/mol. The van der Waals surface area contributed by atoms with Crippen LogP contribution in [0.1, 0.15) is 31.4 Å². The van der Waals surface area contributed by atoms with Crippen molar-refractivity contribution >= 4 is 11.9 Å². The van der Waals surface area contributed by atoms with Crippen LogP contribution in [0.4, 0.5) is 0 Å². The minimum Gasteiger partial charge on any atom is -0.432 e. The van der Waals surface area contributed by atoms with Crippen molar-refractivity contribution in [1.82, 2.24) is 24.0 Å². The van der Waals surface area contributed by atoms with E-state index >= 15 is 0 Å². The van der Waals surface area contributed by atoms with E-state index in [2.05, 4.69) is 9.97 Å². The SMILES string of the molecule is Cc1cn(CCN(CCn2cc(C)c(=O)[nH]c2=O)C(=O)CC2OC(C)(C)OC2=O)c(=O)[nH]c1=O. The molecule has 184 valence electrons. The molecule has 3 heterocycles. The van der Waals surface area contributed by atoms with Crippen LogP contribution in [0, 0.1) is 13.8 Å². The summed E-state index contributed by atoms with van der Waals surface area (Å²) >= 11 is 0. The van der Waals surface area contributed by atoms with Crippen LogP contribution >= 0.6 is 0 Å². The number of aromatic nitrogens is 4. The summed E-state index contributed by atoms with van der Waals surface area (Å²) in [6.07, 6.45) is 1.40. The smallest absolute Gasteiger partial charge is 0.338 e. The molecule has 1 unspecified atom stereocenters. The second kappa shape index (κ2) is 9.63. The topological polar surface area (TPSA) is 166 Å². The Morgan fingerprint density at radius 2 is 1.41 bits per heavy atom. The molecule has 2 aromatic heterocycles. The van der Waals surface area contributed by atoms with Gasteiger partial charge in [-0.3, -0.25) is 33.5 Å². The Balaban J connectivity index is 1.79. The van der Waals surface area contributed by atoms with Crippen LogP contribution < -0.4 is 22.5 Å². The normalized spacial score (nSPS) is 16.9. The van der Waals surface area contributed by atoms with E-state index in [9.17, 15) is 28.8 Å². The Morgan fingerprint density at radius 3 is 1.82 bits per heavy atom. The van der Waals surface area contributed by atoms with Crippen molar-refractivity contribution in [3.05, 3.63) is 65.2 Å². The zero-order chi connectivity index (χ0) is 25.2. The van der Waals surface area contributed by atoms with E-state index in [1.54, 1.807) is 27.7 Å². The van der Waals surface area contributed by atoms with Gasteiger partial charge in [-0.25, -0.2) is 14.4 Å². The number of aromatic amines is 2. The van der Waals surface area contributed by atoms with Gasteiger partial charge in [0, 0.05) is 63.5 Å². The second-order valence-corrected chi connectivity index (χ2v) is 8.54. The minimum atomic E-state index is -1.14. The summed E-state index contributed by atoms with van der Waals surface area (Å²) in [5.74, 6) is -2.25. The number of H-pyrrole nitrogens is 2. The van der Waals surface area contributed by atoms with Crippen molar-refractivity contribution in [2.75, 3.05) is 13.1 Å². The predicted molar refractivity (Wildman–Crippen MR) is 118 cm³/mol. The Bertz CT molecular complexity index is 1250. The number of amides is 1. The van der Waals surface area contributed by atoms with Crippen LogP contribution in [0.2, 0.25) is 0 Å². The van der Waals surface area contributed by atoms with Crippen molar-refractivity contribution in [2.45, 2.75) is 59.1 Å². The number of nitrogens with zero attached hydrogens (tertiary/aromatic N) is 3. The molecule has 13 nitrogen and oxygen atoms in total. The molecule has 0 aliphatic carbocycles. The van der Waals surface area contributed by atoms with Crippen molar-refractivity contribution in [2.24, 2.45) is 0 Å². The molecular formula is C21H27N5O8. The molecule has 0 aromatic carbocycles. The van der Waals surface area contributed by atoms with Crippen LogP contribution in [0.5, 0.6) is 0 Å². The number of carbonyl (C=O) groups excluding carboxylic acids is 2. The molecule has 2 aromatic rings. The molecule has 2 N–H and O–H groups in total. The largest absolute Gasteiger partial charge is 0.432 e. The first kappa shape index (κ1) is 24.9. The van der Waals surface area contributed by atoms with Crippen molar-refractivity contribution in [1.29, 1.82) is 0 Å². The highest BCUT2D eigenvalue weighted by Crippen LogP contribution is 2.25. The van der Waals surface area contributed by atoms with E-state index in [0.717, 1.165) is 0 Å². The predicted octanol–water partition coefficient (Wildman–Crippen LogP) is -1.40. The summed E-state index contributed by atoms with van der Waals surface area (Å²) in [4.78, 5) is 78.3. The molecule has 1 amide bonds. The zero-order valence-electron chi connectivity index (χ0n) is 19.4. The standard InChI is InChI=1S/C21H27N5O8/c1-12-10-25(19(31)22-16(12)28)7-5-24(6-8-26-11-13(2)17(29)23-20(26)32)15(27)9-14-18(30)34-21(3,4)33-14/h10-11,14H,5-9H2,1-4H3,(H,22,28,31)(H,23,29,32). The molecule has 34 heavy (non-hydrogen) atoms. The molecule has 3 rings (SSSR count). The second-order valence-electron chi connectivity index (χ2n) is 8.54. The maximum absolute atomic E-state index is 13.1. The van der Waals surface area contributed by atoms with Gasteiger partial charge < -0.3 is 14.4 Å². The van der Waals surface area contributed by atoms with E-state index in [4.69, 9.17) is 9.47 Å². The van der Waals surface area contributed by atoms with Gasteiger partial charge in [-0.05, 0) is 13.8 Å². The van der Waals surface area contributed by atoms with Gasteiger partial charge in [0.2, 0.25) is 11.7 Å². The molecular weight excluding hydrogens is 450 g/mol. The first-order chi connectivity index (χ1) is 15.9. The number of carbonyl (C=O) groups is 2. The van der Waals surface area contributed by atoms with Crippen LogP contribution in [-0.2, 0) is 32.2 Å². The molecule has 0 bridgehead atoms. The highest BCUT2D eigenvalue weighted by Gasteiger charge is 2.42. The van der Waals surface area contributed by atoms with Gasteiger partial charge in [0.15, 0.2) is 6.10 Å². The van der Waals surface area contributed by atoms with Crippen molar-refractivity contribution in [3.63, 3.8) is 0 Å². The number of aryl methyl sites for hydroxylation is 2. The molecule has 1 atom stereocenters. The molecule has 1 aliphatic rings. The molecule has 0 saturated carbocycles. The van der Waals surface area contributed by atoms with Crippen LogP contribution in [0.3, 0.4) is 0 Å². The molecule has 1 fully saturated rings. The van der Waals surface area contributed by atoms with Gasteiger partial charge in [-0.15, -0.1) is 0 Å². The third kappa shape index (κ3) is 5.78. The average molecular weight is 477 g/mol. The molecule has 13 heteroatoms. The number of rotatable bonds is 8. The van der Waals surface area contributed by atoms with E-state index in [0.29, 0.717) is 11.1 Å². The number of nitrogens with one attached hydrogen (secondary N) is 2. The fraction of sp³-hybridized carbons (Fsp3) is 0.524. The molecule has 1 aliphatic heterocycles. The van der Waals surface area contributed by atoms with E-state index in [1.807, 2.05) is 0 Å². The van der Waals surface area contributed by atoms with E-state index < -0.39 is 46.3 Å². The number of hydrogen-bond donors (Lipinski definition) is 2. The van der Waals surface area contributed by atoms with Crippen molar-refractivity contribution in [3.8, 4) is 0 Å². The number of hydrogen-bond acceptors (Lipinski definition) is 8. The summed E-state index contributed by atoms with van der Waals surface area (Å²) in [5.41, 5.74) is -1.59. The maximum Gasteiger partial charge on any atom is 0.338 e. The van der Waals surface area contributed by atoms with Gasteiger partial charge in [0.25, 0.3) is 11.1 Å². The highest BCUT2D eigenvalue weighted by atomic mass is 16.8. The highest BCUT2D eigenvalue weighted by molar-refractivity contribution is 5.85. The first-order valence-corrected chi connectivity index (χ1v) is 10.7. The van der Waals surface area contributed by atoms with Gasteiger partial charge in [-0.2, -0.15) is 0 Å². The van der Waals surface area contributed by atoms with Crippen LogP contribution in [-0.4, -0.2) is 60.9 Å². The van der Waals surface area contributed by atoms with Gasteiger partial charge in [0.05, 0.1) is 6.42 Å². The number of cyclic esters (lactones) is 1. The molecule has 1 saturated heterocycles. The van der Waals surface area contributed by atoms with Crippen LogP contribution in [0.15, 0.2) is 31.6 Å². The fourth-order valence-corrected chi connectivity index (χ4v) is 3.52. The quantitative estimate of drug-likeness (QED) is 0.438. The lowest BCUT2D eigenvalue weighted by Crippen LogP contribution is -2.42. The van der Waals surface area contributed by atoms with Gasteiger partial charge in [0.1, 0.15) is 0 Å². The fourth-order valence-electron chi connectivity index (χ4n) is 3.52. The molecule has 0 radical (unpaired) electrons. The number of ether oxygens (including phenoxy) is 2. The Morgan fingerprint density at radius 1 is 0.941 bits per heavy atom. The Labute approximate surface area is 192 Å². The number of esters is 1. The summed E-state index contributed by atoms with van der Waals surface area (Å²) in [5, 5.41) is 0. The van der Waals surface area contributed by atoms with E-state index in [-0.39, 0.29) is 32.6 Å². The Kier molecular flexibility index (Phi) is 7.05. The average Bonchev–Trinajstić information content (AvgIpc) is 3.00. The third-order valence-corrected chi connectivity index (χ3v) is 5.35. The summed E-state index contributed by atoms with van der Waals surface area (Å²) < 4.78 is 13.1. The zero-order valence-corrected chi connectivity index (χ0v) is 19.4.